The zero-order chi connectivity index (χ0) is 19.1. The monoisotopic (exact) mass is 417 g/mol. The predicted octanol–water partition coefficient (Wildman–Crippen LogP) is 4.21. The minimum Gasteiger partial charge on any atom is -0.445 e. The first kappa shape index (κ1) is 19.8. The van der Waals surface area contributed by atoms with E-state index in [0.717, 1.165) is 10.0 Å². The van der Waals surface area contributed by atoms with Crippen LogP contribution >= 0.6 is 15.9 Å². The molecule has 0 heterocycles. The van der Waals surface area contributed by atoms with E-state index in [1.165, 1.54) is 13.8 Å². The van der Waals surface area contributed by atoms with Gasteiger partial charge in [-0.1, -0.05) is 58.4 Å². The molecule has 0 aromatic heterocycles. The lowest BCUT2D eigenvalue weighted by Crippen LogP contribution is -2.39. The number of benzene rings is 2. The Morgan fingerprint density at radius 2 is 1.54 bits per heavy atom. The van der Waals surface area contributed by atoms with E-state index < -0.39 is 18.1 Å². The summed E-state index contributed by atoms with van der Waals surface area (Å²) in [5, 5.41) is 2.67. The van der Waals surface area contributed by atoms with Crippen molar-refractivity contribution in [2.24, 2.45) is 5.92 Å². The van der Waals surface area contributed by atoms with E-state index in [0.29, 0.717) is 5.56 Å². The van der Waals surface area contributed by atoms with Crippen molar-refractivity contribution in [3.05, 3.63) is 70.2 Å². The fraction of sp³-hybridized carbons (Fsp3) is 0.250. The molecule has 0 bridgehead atoms. The molecular formula is C20H20BrNO4. The summed E-state index contributed by atoms with van der Waals surface area (Å²) in [5.74, 6) is -1.59. The van der Waals surface area contributed by atoms with E-state index in [-0.39, 0.29) is 18.2 Å². The van der Waals surface area contributed by atoms with E-state index in [9.17, 15) is 14.4 Å². The molecule has 0 saturated carbocycles. The maximum Gasteiger partial charge on any atom is 0.407 e. The van der Waals surface area contributed by atoms with Gasteiger partial charge in [0.25, 0.3) is 0 Å². The van der Waals surface area contributed by atoms with Crippen molar-refractivity contribution in [2.45, 2.75) is 26.5 Å². The maximum atomic E-state index is 12.3. The van der Waals surface area contributed by atoms with Gasteiger partial charge in [-0.15, -0.1) is 0 Å². The Kier molecular flexibility index (Phi) is 7.09. The lowest BCUT2D eigenvalue weighted by Gasteiger charge is -2.24. The average Bonchev–Trinajstić information content (AvgIpc) is 2.60. The summed E-state index contributed by atoms with van der Waals surface area (Å²) >= 11 is 3.35. The topological polar surface area (TPSA) is 72.5 Å². The second-order valence-electron chi connectivity index (χ2n) is 5.93. The zero-order valence-electron chi connectivity index (χ0n) is 14.6. The number of ketones is 2. The van der Waals surface area contributed by atoms with Gasteiger partial charge in [-0.2, -0.15) is 0 Å². The molecule has 5 nitrogen and oxygen atoms in total. The number of amides is 1. The van der Waals surface area contributed by atoms with Crippen molar-refractivity contribution in [2.75, 3.05) is 0 Å². The molecule has 0 aliphatic carbocycles. The highest BCUT2D eigenvalue weighted by atomic mass is 79.9. The molecule has 0 aliphatic rings. The second-order valence-corrected chi connectivity index (χ2v) is 6.85. The van der Waals surface area contributed by atoms with Crippen LogP contribution in [0.4, 0.5) is 4.79 Å². The Hall–Kier alpha value is -2.47. The SMILES string of the molecule is CC(=O)C(C(C)=O)[C@@H](NC(=O)OCc1ccccc1)c1ccc(Br)cc1. The molecule has 2 aromatic carbocycles. The normalized spacial score (nSPS) is 11.7. The van der Waals surface area contributed by atoms with Crippen LogP contribution in [-0.4, -0.2) is 17.7 Å². The van der Waals surface area contributed by atoms with Crippen LogP contribution in [0.25, 0.3) is 0 Å². The molecular weight excluding hydrogens is 398 g/mol. The molecule has 2 aromatic rings. The quantitative estimate of drug-likeness (QED) is 0.684. The Labute approximate surface area is 160 Å². The molecule has 0 saturated heterocycles. The number of rotatable bonds is 7. The van der Waals surface area contributed by atoms with Crippen molar-refractivity contribution in [3.63, 3.8) is 0 Å². The van der Waals surface area contributed by atoms with Crippen LogP contribution in [0.3, 0.4) is 0 Å². The van der Waals surface area contributed by atoms with Gasteiger partial charge in [-0.05, 0) is 37.1 Å². The van der Waals surface area contributed by atoms with Gasteiger partial charge >= 0.3 is 6.09 Å². The summed E-state index contributed by atoms with van der Waals surface area (Å²) in [5.41, 5.74) is 1.50. The van der Waals surface area contributed by atoms with E-state index in [2.05, 4.69) is 21.2 Å². The van der Waals surface area contributed by atoms with Crippen molar-refractivity contribution in [3.8, 4) is 0 Å². The summed E-state index contributed by atoms with van der Waals surface area (Å²) < 4.78 is 6.09. The molecule has 2 rings (SSSR count). The van der Waals surface area contributed by atoms with E-state index in [4.69, 9.17) is 4.74 Å². The van der Waals surface area contributed by atoms with E-state index >= 15 is 0 Å². The van der Waals surface area contributed by atoms with E-state index in [1.807, 2.05) is 30.3 Å². The summed E-state index contributed by atoms with van der Waals surface area (Å²) in [4.78, 5) is 36.3. The van der Waals surface area contributed by atoms with Crippen LogP contribution < -0.4 is 5.32 Å². The minimum atomic E-state index is -0.972. The van der Waals surface area contributed by atoms with Gasteiger partial charge in [-0.25, -0.2) is 4.79 Å². The molecule has 0 radical (unpaired) electrons. The highest BCUT2D eigenvalue weighted by Crippen LogP contribution is 2.26. The molecule has 26 heavy (non-hydrogen) atoms. The molecule has 0 unspecified atom stereocenters. The van der Waals surface area contributed by atoms with Crippen molar-refractivity contribution >= 4 is 33.6 Å². The largest absolute Gasteiger partial charge is 0.445 e. The lowest BCUT2D eigenvalue weighted by atomic mass is 9.87. The highest BCUT2D eigenvalue weighted by Gasteiger charge is 2.32. The minimum absolute atomic E-state index is 0.102. The first-order chi connectivity index (χ1) is 12.4. The third kappa shape index (κ3) is 5.52. The number of ether oxygens (including phenoxy) is 1. The van der Waals surface area contributed by atoms with E-state index in [1.54, 1.807) is 24.3 Å². The Morgan fingerprint density at radius 3 is 2.08 bits per heavy atom. The summed E-state index contributed by atoms with van der Waals surface area (Å²) in [6.07, 6.45) is -0.686. The van der Waals surface area contributed by atoms with Gasteiger partial charge in [0.15, 0.2) is 0 Å². The zero-order valence-corrected chi connectivity index (χ0v) is 16.2. The number of nitrogens with one attached hydrogen (secondary N) is 1. The van der Waals surface area contributed by atoms with Crippen molar-refractivity contribution in [1.29, 1.82) is 0 Å². The fourth-order valence-electron chi connectivity index (χ4n) is 2.68. The fourth-order valence-corrected chi connectivity index (χ4v) is 2.94. The molecule has 1 N–H and O–H groups in total. The van der Waals surface area contributed by atoms with Crippen LogP contribution in [0.5, 0.6) is 0 Å². The number of Topliss-reactive ketones (excluding diaryl/α,β-unsaturated/α-hetero) is 2. The van der Waals surface area contributed by atoms with Crippen molar-refractivity contribution < 1.29 is 19.1 Å². The average molecular weight is 418 g/mol. The Bertz CT molecular complexity index is 760. The highest BCUT2D eigenvalue weighted by molar-refractivity contribution is 9.10. The molecule has 0 spiro atoms. The van der Waals surface area contributed by atoms with Crippen molar-refractivity contribution in [1.82, 2.24) is 5.32 Å². The summed E-state index contributed by atoms with van der Waals surface area (Å²) in [6.45, 7) is 2.79. The molecule has 0 aliphatic heterocycles. The summed E-state index contributed by atoms with van der Waals surface area (Å²) in [6, 6.07) is 15.6. The van der Waals surface area contributed by atoms with Gasteiger partial charge < -0.3 is 10.1 Å². The number of hydrogen-bond acceptors (Lipinski definition) is 4. The van der Waals surface area contributed by atoms with Crippen LogP contribution in [0.1, 0.15) is 31.0 Å². The van der Waals surface area contributed by atoms with Gasteiger partial charge in [0.05, 0.1) is 6.04 Å². The summed E-state index contributed by atoms with van der Waals surface area (Å²) in [7, 11) is 0. The van der Waals surface area contributed by atoms with Gasteiger partial charge in [0, 0.05) is 4.47 Å². The molecule has 136 valence electrons. The number of halogens is 1. The second kappa shape index (κ2) is 9.29. The first-order valence-corrected chi connectivity index (χ1v) is 8.91. The molecule has 1 atom stereocenters. The first-order valence-electron chi connectivity index (χ1n) is 8.12. The smallest absolute Gasteiger partial charge is 0.407 e. The molecule has 1 amide bonds. The van der Waals surface area contributed by atoms with Crippen LogP contribution in [0.15, 0.2) is 59.1 Å². The van der Waals surface area contributed by atoms with Gasteiger partial charge in [-0.3, -0.25) is 9.59 Å². The predicted molar refractivity (Wildman–Crippen MR) is 101 cm³/mol. The Morgan fingerprint density at radius 1 is 0.962 bits per heavy atom. The third-order valence-corrected chi connectivity index (χ3v) is 4.45. The standard InChI is InChI=1S/C20H20BrNO4/c1-13(23)18(14(2)24)19(16-8-10-17(21)11-9-16)22-20(25)26-12-15-6-4-3-5-7-15/h3-11,18-19H,12H2,1-2H3,(H,22,25)/t19-/m0/s1. The van der Waals surface area contributed by atoms with Crippen LogP contribution in [0.2, 0.25) is 0 Å². The Balaban J connectivity index is 2.17. The number of carbonyl (C=O) groups is 3. The number of carbonyl (C=O) groups excluding carboxylic acids is 3. The number of alkyl carbamates (subject to hydrolysis) is 1. The number of hydrogen-bond donors (Lipinski definition) is 1. The van der Waals surface area contributed by atoms with Crippen LogP contribution in [0, 0.1) is 5.92 Å². The third-order valence-electron chi connectivity index (χ3n) is 3.92. The molecule has 6 heteroatoms. The lowest BCUT2D eigenvalue weighted by molar-refractivity contribution is -0.131. The van der Waals surface area contributed by atoms with Gasteiger partial charge in [0.2, 0.25) is 0 Å². The van der Waals surface area contributed by atoms with Crippen LogP contribution in [-0.2, 0) is 20.9 Å². The van der Waals surface area contributed by atoms with Gasteiger partial charge in [0.1, 0.15) is 24.1 Å². The molecule has 0 fully saturated rings. The maximum absolute atomic E-state index is 12.3.